The van der Waals surface area contributed by atoms with Gasteiger partial charge < -0.3 is 4.74 Å². The van der Waals surface area contributed by atoms with E-state index >= 15 is 0 Å². The van der Waals surface area contributed by atoms with Crippen molar-refractivity contribution in [2.75, 3.05) is 26.8 Å². The van der Waals surface area contributed by atoms with Crippen LogP contribution in [0.2, 0.25) is 0 Å². The van der Waals surface area contributed by atoms with Gasteiger partial charge in [0.05, 0.1) is 6.61 Å². The van der Waals surface area contributed by atoms with E-state index in [2.05, 4.69) is 43.1 Å². The predicted molar refractivity (Wildman–Crippen MR) is 64.0 cm³/mol. The van der Waals surface area contributed by atoms with Crippen LogP contribution in [0.5, 0.6) is 0 Å². The molecular formula is C13H21NO. The van der Waals surface area contributed by atoms with Crippen molar-refractivity contribution in [3.8, 4) is 0 Å². The van der Waals surface area contributed by atoms with Gasteiger partial charge in [0.1, 0.15) is 0 Å². The van der Waals surface area contributed by atoms with Crippen molar-refractivity contribution in [2.24, 2.45) is 0 Å². The zero-order valence-electron chi connectivity index (χ0n) is 9.99. The predicted octanol–water partition coefficient (Wildman–Crippen LogP) is 2.46. The number of likely N-dealkylation sites (N-methyl/N-ethyl adjacent to an activating group) is 1. The first-order valence-corrected chi connectivity index (χ1v) is 5.54. The molecule has 0 bridgehead atoms. The molecule has 0 spiro atoms. The molecule has 0 heterocycles. The van der Waals surface area contributed by atoms with Crippen molar-refractivity contribution in [1.29, 1.82) is 0 Å². The summed E-state index contributed by atoms with van der Waals surface area (Å²) in [7, 11) is 2.12. The summed E-state index contributed by atoms with van der Waals surface area (Å²) in [4.78, 5) is 2.28. The van der Waals surface area contributed by atoms with Crippen LogP contribution in [-0.4, -0.2) is 31.7 Å². The fourth-order valence-corrected chi connectivity index (χ4v) is 1.45. The first-order chi connectivity index (χ1) is 7.22. The van der Waals surface area contributed by atoms with E-state index in [0.29, 0.717) is 0 Å². The van der Waals surface area contributed by atoms with Crippen LogP contribution in [0.4, 0.5) is 0 Å². The van der Waals surface area contributed by atoms with Crippen molar-refractivity contribution in [1.82, 2.24) is 4.90 Å². The van der Waals surface area contributed by atoms with E-state index in [0.717, 1.165) is 26.3 Å². The van der Waals surface area contributed by atoms with Gasteiger partial charge >= 0.3 is 0 Å². The van der Waals surface area contributed by atoms with E-state index < -0.39 is 0 Å². The monoisotopic (exact) mass is 207 g/mol. The van der Waals surface area contributed by atoms with Gasteiger partial charge in [-0.15, -0.1) is 0 Å². The van der Waals surface area contributed by atoms with E-state index in [1.54, 1.807) is 0 Å². The van der Waals surface area contributed by atoms with Crippen molar-refractivity contribution in [3.63, 3.8) is 0 Å². The smallest absolute Gasteiger partial charge is 0.0593 e. The second-order valence-corrected chi connectivity index (χ2v) is 3.92. The minimum Gasteiger partial charge on any atom is -0.380 e. The molecule has 1 aromatic carbocycles. The molecular weight excluding hydrogens is 186 g/mol. The molecule has 1 rings (SSSR count). The Labute approximate surface area is 92.9 Å². The van der Waals surface area contributed by atoms with Gasteiger partial charge in [-0.3, -0.25) is 4.90 Å². The lowest BCUT2D eigenvalue weighted by atomic mass is 10.1. The topological polar surface area (TPSA) is 12.5 Å². The summed E-state index contributed by atoms with van der Waals surface area (Å²) in [6, 6.07) is 8.69. The normalized spacial score (nSPS) is 10.9. The standard InChI is InChI=1S/C13H21NO/c1-4-15-10-9-14(3)11-13-7-5-12(2)6-8-13/h5-8H,4,9-11H2,1-3H3. The lowest BCUT2D eigenvalue weighted by molar-refractivity contribution is 0.120. The van der Waals surface area contributed by atoms with Crippen molar-refractivity contribution >= 4 is 0 Å². The lowest BCUT2D eigenvalue weighted by Crippen LogP contribution is -2.22. The second kappa shape index (κ2) is 6.59. The second-order valence-electron chi connectivity index (χ2n) is 3.92. The molecule has 0 aromatic heterocycles. The molecule has 0 fully saturated rings. The van der Waals surface area contributed by atoms with Gasteiger partial charge in [0.25, 0.3) is 0 Å². The zero-order valence-corrected chi connectivity index (χ0v) is 9.99. The Morgan fingerprint density at radius 2 is 1.87 bits per heavy atom. The van der Waals surface area contributed by atoms with Crippen molar-refractivity contribution in [2.45, 2.75) is 20.4 Å². The zero-order chi connectivity index (χ0) is 11.1. The van der Waals surface area contributed by atoms with Crippen LogP contribution in [0.3, 0.4) is 0 Å². The Kier molecular flexibility index (Phi) is 5.37. The van der Waals surface area contributed by atoms with Crippen LogP contribution in [0.15, 0.2) is 24.3 Å². The maximum Gasteiger partial charge on any atom is 0.0593 e. The summed E-state index contributed by atoms with van der Waals surface area (Å²) in [5.74, 6) is 0. The first-order valence-electron chi connectivity index (χ1n) is 5.54. The third kappa shape index (κ3) is 4.96. The Hall–Kier alpha value is -0.860. The van der Waals surface area contributed by atoms with E-state index in [1.807, 2.05) is 6.92 Å². The molecule has 2 heteroatoms. The number of nitrogens with zero attached hydrogens (tertiary/aromatic N) is 1. The molecule has 0 N–H and O–H groups in total. The van der Waals surface area contributed by atoms with E-state index in [4.69, 9.17) is 4.74 Å². The van der Waals surface area contributed by atoms with Gasteiger partial charge in [-0.25, -0.2) is 0 Å². The number of hydrogen-bond donors (Lipinski definition) is 0. The average Bonchev–Trinajstić information content (AvgIpc) is 2.22. The summed E-state index contributed by atoms with van der Waals surface area (Å²) < 4.78 is 5.32. The fraction of sp³-hybridized carbons (Fsp3) is 0.538. The molecule has 0 aliphatic rings. The molecule has 0 unspecified atom stereocenters. The highest BCUT2D eigenvalue weighted by Gasteiger charge is 1.99. The molecule has 15 heavy (non-hydrogen) atoms. The quantitative estimate of drug-likeness (QED) is 0.664. The van der Waals surface area contributed by atoms with Crippen molar-refractivity contribution < 1.29 is 4.74 Å². The van der Waals surface area contributed by atoms with Gasteiger partial charge in [0.2, 0.25) is 0 Å². The number of ether oxygens (including phenoxy) is 1. The summed E-state index contributed by atoms with van der Waals surface area (Å²) >= 11 is 0. The van der Waals surface area contributed by atoms with Gasteiger partial charge in [0.15, 0.2) is 0 Å². The number of benzene rings is 1. The van der Waals surface area contributed by atoms with Crippen LogP contribution in [-0.2, 0) is 11.3 Å². The maximum absolute atomic E-state index is 5.32. The van der Waals surface area contributed by atoms with Crippen LogP contribution < -0.4 is 0 Å². The third-order valence-corrected chi connectivity index (χ3v) is 2.39. The van der Waals surface area contributed by atoms with E-state index in [-0.39, 0.29) is 0 Å². The number of hydrogen-bond acceptors (Lipinski definition) is 2. The maximum atomic E-state index is 5.32. The van der Waals surface area contributed by atoms with Crippen molar-refractivity contribution in [3.05, 3.63) is 35.4 Å². The summed E-state index contributed by atoms with van der Waals surface area (Å²) in [5.41, 5.74) is 2.68. The highest BCUT2D eigenvalue weighted by atomic mass is 16.5. The molecule has 1 aromatic rings. The lowest BCUT2D eigenvalue weighted by Gasteiger charge is -2.16. The molecule has 0 saturated carbocycles. The van der Waals surface area contributed by atoms with Gasteiger partial charge in [-0.2, -0.15) is 0 Å². The van der Waals surface area contributed by atoms with Crippen LogP contribution >= 0.6 is 0 Å². The molecule has 84 valence electrons. The Morgan fingerprint density at radius 1 is 1.20 bits per heavy atom. The Bertz CT molecular complexity index is 268. The SMILES string of the molecule is CCOCCN(C)Cc1ccc(C)cc1. The first kappa shape index (κ1) is 12.2. The summed E-state index contributed by atoms with van der Waals surface area (Å²) in [5, 5.41) is 0. The van der Waals surface area contributed by atoms with Crippen LogP contribution in [0.1, 0.15) is 18.1 Å². The Balaban J connectivity index is 2.31. The number of rotatable bonds is 6. The summed E-state index contributed by atoms with van der Waals surface area (Å²) in [6.07, 6.45) is 0. The van der Waals surface area contributed by atoms with Gasteiger partial charge in [-0.05, 0) is 26.5 Å². The highest BCUT2D eigenvalue weighted by molar-refractivity contribution is 5.21. The number of aryl methyl sites for hydroxylation is 1. The molecule has 0 atom stereocenters. The molecule has 0 radical (unpaired) electrons. The molecule has 0 aliphatic heterocycles. The third-order valence-electron chi connectivity index (χ3n) is 2.39. The van der Waals surface area contributed by atoms with Gasteiger partial charge in [-0.1, -0.05) is 29.8 Å². The van der Waals surface area contributed by atoms with Gasteiger partial charge in [0, 0.05) is 19.7 Å². The minimum absolute atomic E-state index is 0.804. The van der Waals surface area contributed by atoms with E-state index in [1.165, 1.54) is 11.1 Å². The summed E-state index contributed by atoms with van der Waals surface area (Å²) in [6.45, 7) is 7.74. The highest BCUT2D eigenvalue weighted by Crippen LogP contribution is 2.05. The molecule has 0 saturated heterocycles. The molecule has 2 nitrogen and oxygen atoms in total. The Morgan fingerprint density at radius 3 is 2.47 bits per heavy atom. The average molecular weight is 207 g/mol. The van der Waals surface area contributed by atoms with E-state index in [9.17, 15) is 0 Å². The fourth-order valence-electron chi connectivity index (χ4n) is 1.45. The van der Waals surface area contributed by atoms with Crippen LogP contribution in [0, 0.1) is 6.92 Å². The largest absolute Gasteiger partial charge is 0.380 e. The minimum atomic E-state index is 0.804. The molecule has 0 aliphatic carbocycles. The molecule has 0 amide bonds. The van der Waals surface area contributed by atoms with Crippen LogP contribution in [0.25, 0.3) is 0 Å².